The number of benzene rings is 1. The molecule has 0 amide bonds. The quantitative estimate of drug-likeness (QED) is 0.552. The smallest absolute Gasteiger partial charge is 0.450 e. The normalized spacial score (nSPS) is 20.5. The van der Waals surface area contributed by atoms with Gasteiger partial charge in [-0.2, -0.15) is 0 Å². The van der Waals surface area contributed by atoms with E-state index in [0.717, 1.165) is 25.7 Å². The van der Waals surface area contributed by atoms with Crippen LogP contribution in [0.25, 0.3) is 0 Å². The molecule has 24 heavy (non-hydrogen) atoms. The number of nitrogens with one attached hydrogen (secondary N) is 1. The van der Waals surface area contributed by atoms with Crippen LogP contribution in [-0.4, -0.2) is 35.8 Å². The molecule has 2 rings (SSSR count). The molecule has 0 unspecified atom stereocenters. The second kappa shape index (κ2) is 8.60. The average molecular weight is 360 g/mol. The van der Waals surface area contributed by atoms with Gasteiger partial charge in [-0.05, 0) is 37.7 Å². The van der Waals surface area contributed by atoms with Gasteiger partial charge < -0.3 is 10.2 Å². The molecule has 3 N–H and O–H groups in total. The third-order valence-corrected chi connectivity index (χ3v) is 5.26. The van der Waals surface area contributed by atoms with E-state index in [1.54, 1.807) is 0 Å². The largest absolute Gasteiger partial charge is 0.503 e. The molecule has 134 valence electrons. The van der Waals surface area contributed by atoms with Crippen molar-refractivity contribution in [1.29, 1.82) is 0 Å². The molecule has 0 saturated heterocycles. The summed E-state index contributed by atoms with van der Waals surface area (Å²) in [6.45, 7) is 2.15. The summed E-state index contributed by atoms with van der Waals surface area (Å²) in [7, 11) is -3.84. The van der Waals surface area contributed by atoms with Crippen LogP contribution in [0.2, 0.25) is 0 Å². The Kier molecular flexibility index (Phi) is 7.11. The van der Waals surface area contributed by atoms with E-state index in [0.29, 0.717) is 5.92 Å². The number of carbonyl (C=O) groups is 1. The van der Waals surface area contributed by atoms with Crippen LogP contribution in [0.4, 0.5) is 10.5 Å². The van der Waals surface area contributed by atoms with Gasteiger partial charge in [0.1, 0.15) is 0 Å². The number of sulfonamides is 1. The van der Waals surface area contributed by atoms with Gasteiger partial charge in [0.15, 0.2) is 4.90 Å². The van der Waals surface area contributed by atoms with Crippen molar-refractivity contribution >= 4 is 21.9 Å². The predicted octanol–water partition coefficient (Wildman–Crippen LogP) is 2.67. The topological polar surface area (TPSA) is 147 Å². The number of carboxylic acid groups (broad SMARTS) is 2. The third-order valence-electron chi connectivity index (χ3n) is 3.69. The van der Waals surface area contributed by atoms with E-state index in [2.05, 4.69) is 11.6 Å². The first-order valence-corrected chi connectivity index (χ1v) is 8.79. The lowest BCUT2D eigenvalue weighted by Gasteiger charge is -2.26. The van der Waals surface area contributed by atoms with Gasteiger partial charge in [-0.25, -0.2) is 17.9 Å². The summed E-state index contributed by atoms with van der Waals surface area (Å²) < 4.78 is 27.2. The number of rotatable bonds is 4. The van der Waals surface area contributed by atoms with Crippen LogP contribution >= 0.6 is 0 Å². The highest BCUT2D eigenvalue weighted by atomic mass is 32.2. The molecular formula is C14H20N2O7S. The van der Waals surface area contributed by atoms with Crippen molar-refractivity contribution in [3.05, 3.63) is 34.4 Å². The Labute approximate surface area is 139 Å². The zero-order valence-corrected chi connectivity index (χ0v) is 13.9. The minimum absolute atomic E-state index is 0.129. The van der Waals surface area contributed by atoms with E-state index in [4.69, 9.17) is 15.0 Å². The number of hydrogen-bond donors (Lipinski definition) is 3. The minimum atomic E-state index is -3.84. The van der Waals surface area contributed by atoms with E-state index in [9.17, 15) is 18.5 Å². The molecule has 1 aliphatic rings. The second-order valence-electron chi connectivity index (χ2n) is 5.59. The maximum Gasteiger partial charge on any atom is 0.503 e. The van der Waals surface area contributed by atoms with Crippen molar-refractivity contribution in [2.24, 2.45) is 5.92 Å². The Balaban J connectivity index is 0.000000648. The lowest BCUT2D eigenvalue weighted by atomic mass is 9.88. The zero-order chi connectivity index (χ0) is 18.3. The Bertz CT molecular complexity index is 678. The first kappa shape index (κ1) is 19.8. The van der Waals surface area contributed by atoms with Crippen molar-refractivity contribution in [3.8, 4) is 0 Å². The fraction of sp³-hybridized carbons (Fsp3) is 0.500. The van der Waals surface area contributed by atoms with Gasteiger partial charge in [0, 0.05) is 12.1 Å². The summed E-state index contributed by atoms with van der Waals surface area (Å²) in [5, 5.41) is 24.9. The van der Waals surface area contributed by atoms with Crippen LogP contribution < -0.4 is 4.72 Å². The van der Waals surface area contributed by atoms with E-state index in [-0.39, 0.29) is 16.6 Å². The molecule has 1 aromatic carbocycles. The third kappa shape index (κ3) is 6.13. The zero-order valence-electron chi connectivity index (χ0n) is 13.1. The summed E-state index contributed by atoms with van der Waals surface area (Å²) in [4.78, 5) is 18.5. The molecule has 0 radical (unpaired) electrons. The first-order chi connectivity index (χ1) is 11.1. The maximum atomic E-state index is 12.3. The van der Waals surface area contributed by atoms with Crippen LogP contribution in [0.5, 0.6) is 0 Å². The molecule has 0 aromatic heterocycles. The van der Waals surface area contributed by atoms with Gasteiger partial charge in [0.25, 0.3) is 5.69 Å². The predicted molar refractivity (Wildman–Crippen MR) is 85.5 cm³/mol. The van der Waals surface area contributed by atoms with Crippen molar-refractivity contribution in [2.45, 2.75) is 43.5 Å². The SMILES string of the molecule is C[C@H]1CC[C@H](NS(=O)(=O)c2ccccc2[N+](=O)[O-])CC1.O=C(O)O. The minimum Gasteiger partial charge on any atom is -0.450 e. The van der Waals surface area contributed by atoms with Gasteiger partial charge in [0.05, 0.1) is 4.92 Å². The van der Waals surface area contributed by atoms with Crippen molar-refractivity contribution in [2.75, 3.05) is 0 Å². The van der Waals surface area contributed by atoms with Crippen LogP contribution in [0.15, 0.2) is 29.2 Å². The molecular weight excluding hydrogens is 340 g/mol. The summed E-state index contributed by atoms with van der Waals surface area (Å²) >= 11 is 0. The average Bonchev–Trinajstić information content (AvgIpc) is 2.49. The van der Waals surface area contributed by atoms with Crippen LogP contribution in [0.3, 0.4) is 0 Å². The molecule has 0 heterocycles. The van der Waals surface area contributed by atoms with Gasteiger partial charge in [-0.3, -0.25) is 10.1 Å². The van der Waals surface area contributed by atoms with Crippen molar-refractivity contribution in [1.82, 2.24) is 4.72 Å². The summed E-state index contributed by atoms with van der Waals surface area (Å²) in [6, 6.07) is 5.30. The van der Waals surface area contributed by atoms with Crippen molar-refractivity contribution in [3.63, 3.8) is 0 Å². The lowest BCUT2D eigenvalue weighted by molar-refractivity contribution is -0.387. The summed E-state index contributed by atoms with van der Waals surface area (Å²) in [5.41, 5.74) is -0.385. The second-order valence-corrected chi connectivity index (χ2v) is 7.27. The van der Waals surface area contributed by atoms with Gasteiger partial charge in [-0.1, -0.05) is 19.1 Å². The molecule has 0 aliphatic heterocycles. The Morgan fingerprint density at radius 1 is 1.21 bits per heavy atom. The molecule has 0 atom stereocenters. The monoisotopic (exact) mass is 360 g/mol. The number of nitro groups is 1. The molecule has 0 bridgehead atoms. The van der Waals surface area contributed by atoms with Gasteiger partial charge >= 0.3 is 6.16 Å². The van der Waals surface area contributed by atoms with Crippen molar-refractivity contribution < 1.29 is 28.3 Å². The molecule has 1 fully saturated rings. The van der Waals surface area contributed by atoms with E-state index < -0.39 is 21.1 Å². The standard InChI is InChI=1S/C13H18N2O4S.CH2O3/c1-10-6-8-11(9-7-10)14-20(18,19)13-5-3-2-4-12(13)15(16)17;2-1(3)4/h2-5,10-11,14H,6-9H2,1H3;(H2,2,3,4)/t10-,11-;. The number of nitro benzene ring substituents is 1. The highest BCUT2D eigenvalue weighted by Crippen LogP contribution is 2.27. The fourth-order valence-electron chi connectivity index (χ4n) is 2.50. The molecule has 10 heteroatoms. The van der Waals surface area contributed by atoms with Crippen LogP contribution in [-0.2, 0) is 10.0 Å². The summed E-state index contributed by atoms with van der Waals surface area (Å²) in [6.07, 6.45) is 1.68. The van der Waals surface area contributed by atoms with Gasteiger partial charge in [-0.15, -0.1) is 0 Å². The van der Waals surface area contributed by atoms with Crippen LogP contribution in [0, 0.1) is 16.0 Å². The highest BCUT2D eigenvalue weighted by molar-refractivity contribution is 7.89. The summed E-state index contributed by atoms with van der Waals surface area (Å²) in [5.74, 6) is 0.613. The Morgan fingerprint density at radius 3 is 2.21 bits per heavy atom. The highest BCUT2D eigenvalue weighted by Gasteiger charge is 2.29. The molecule has 9 nitrogen and oxygen atoms in total. The number of nitrogens with zero attached hydrogens (tertiary/aromatic N) is 1. The molecule has 0 spiro atoms. The lowest BCUT2D eigenvalue weighted by Crippen LogP contribution is -2.37. The Morgan fingerprint density at radius 2 is 1.71 bits per heavy atom. The number of para-hydroxylation sites is 1. The first-order valence-electron chi connectivity index (χ1n) is 7.31. The Hall–Kier alpha value is -2.20. The van der Waals surface area contributed by atoms with E-state index >= 15 is 0 Å². The molecule has 1 aromatic rings. The molecule has 1 aliphatic carbocycles. The fourth-order valence-corrected chi connectivity index (χ4v) is 3.97. The van der Waals surface area contributed by atoms with Gasteiger partial charge in [0.2, 0.25) is 10.0 Å². The van der Waals surface area contributed by atoms with E-state index in [1.807, 2.05) is 0 Å². The van der Waals surface area contributed by atoms with Crippen LogP contribution in [0.1, 0.15) is 32.6 Å². The maximum absolute atomic E-state index is 12.3. The molecule has 1 saturated carbocycles. The number of hydrogen-bond acceptors (Lipinski definition) is 5. The van der Waals surface area contributed by atoms with E-state index in [1.165, 1.54) is 24.3 Å².